The minimum absolute atomic E-state index is 0.771. The van der Waals surface area contributed by atoms with E-state index in [1.807, 2.05) is 29.3 Å². The van der Waals surface area contributed by atoms with Crippen molar-refractivity contribution >= 4 is 5.95 Å². The van der Waals surface area contributed by atoms with Crippen LogP contribution in [0.5, 0.6) is 0 Å². The zero-order valence-corrected chi connectivity index (χ0v) is 11.3. The Morgan fingerprint density at radius 1 is 1.21 bits per heavy atom. The fourth-order valence-corrected chi connectivity index (χ4v) is 1.91. The summed E-state index contributed by atoms with van der Waals surface area (Å²) in [5, 5.41) is 7.51. The summed E-state index contributed by atoms with van der Waals surface area (Å²) < 4.78 is 9.10. The van der Waals surface area contributed by atoms with Crippen LogP contribution in [0.2, 0.25) is 0 Å². The number of nitrogens with zero attached hydrogens (tertiary/aromatic N) is 4. The van der Waals surface area contributed by atoms with Gasteiger partial charge in [-0.3, -0.25) is 4.68 Å². The first-order valence-corrected chi connectivity index (χ1v) is 6.61. The molecule has 0 fully saturated rings. The van der Waals surface area contributed by atoms with E-state index in [9.17, 15) is 0 Å². The molecule has 2 aromatic heterocycles. The Morgan fingerprint density at radius 2 is 2.16 bits per heavy atom. The van der Waals surface area contributed by atoms with E-state index in [-0.39, 0.29) is 0 Å². The van der Waals surface area contributed by atoms with Gasteiger partial charge in [0.05, 0.1) is 0 Å². The molecule has 0 aliphatic heterocycles. The summed E-state index contributed by atoms with van der Waals surface area (Å²) in [4.78, 5) is 4.32. The molecule has 2 rings (SSSR count). The van der Waals surface area contributed by atoms with Gasteiger partial charge < -0.3 is 14.6 Å². The lowest BCUT2D eigenvalue weighted by atomic mass is 10.4. The number of hydrogen-bond donors (Lipinski definition) is 1. The lowest BCUT2D eigenvalue weighted by Gasteiger charge is -2.09. The summed E-state index contributed by atoms with van der Waals surface area (Å²) in [7, 11) is 1.72. The van der Waals surface area contributed by atoms with E-state index in [2.05, 4.69) is 20.0 Å². The number of hydrogen-bond acceptors (Lipinski definition) is 4. The molecule has 0 amide bonds. The lowest BCUT2D eigenvalue weighted by Crippen LogP contribution is -2.11. The number of nitrogens with one attached hydrogen (secondary N) is 1. The third kappa shape index (κ3) is 4.40. The fraction of sp³-hybridized carbons (Fsp3) is 0.538. The third-order valence-electron chi connectivity index (χ3n) is 2.87. The van der Waals surface area contributed by atoms with Crippen LogP contribution in [0.4, 0.5) is 5.95 Å². The average Bonchev–Trinajstić information content (AvgIpc) is 3.07. The standard InChI is InChI=1S/C13H21N5O/c1-19-12-3-5-14-13-15-7-11-17(13)8-4-10-18-9-2-6-16-18/h2,6-7,9,11H,3-5,8,10,12H2,1H3,(H,14,15). The Morgan fingerprint density at radius 3 is 2.95 bits per heavy atom. The molecule has 2 aromatic rings. The first-order valence-electron chi connectivity index (χ1n) is 6.61. The highest BCUT2D eigenvalue weighted by Crippen LogP contribution is 2.06. The number of aromatic nitrogens is 4. The number of anilines is 1. The predicted octanol–water partition coefficient (Wildman–Crippen LogP) is 1.62. The van der Waals surface area contributed by atoms with Gasteiger partial charge in [0.2, 0.25) is 5.95 Å². The van der Waals surface area contributed by atoms with E-state index in [1.165, 1.54) is 0 Å². The largest absolute Gasteiger partial charge is 0.385 e. The van der Waals surface area contributed by atoms with E-state index in [1.54, 1.807) is 13.3 Å². The molecule has 0 spiro atoms. The van der Waals surface area contributed by atoms with Crippen LogP contribution in [-0.4, -0.2) is 39.6 Å². The second kappa shape index (κ2) is 7.58. The molecule has 2 heterocycles. The SMILES string of the molecule is COCCCNc1nccn1CCCn1cccn1. The summed E-state index contributed by atoms with van der Waals surface area (Å²) in [5.74, 6) is 0.927. The van der Waals surface area contributed by atoms with Gasteiger partial charge in [0.25, 0.3) is 0 Å². The molecular formula is C13H21N5O. The molecule has 6 nitrogen and oxygen atoms in total. The van der Waals surface area contributed by atoms with Gasteiger partial charge in [0.15, 0.2) is 0 Å². The molecule has 0 saturated heterocycles. The molecule has 0 aliphatic rings. The van der Waals surface area contributed by atoms with Gasteiger partial charge in [-0.2, -0.15) is 5.10 Å². The number of aryl methyl sites for hydroxylation is 2. The maximum Gasteiger partial charge on any atom is 0.202 e. The molecule has 6 heteroatoms. The molecular weight excluding hydrogens is 242 g/mol. The highest BCUT2D eigenvalue weighted by Gasteiger charge is 2.01. The minimum Gasteiger partial charge on any atom is -0.385 e. The Kier molecular flexibility index (Phi) is 5.43. The molecule has 0 unspecified atom stereocenters. The molecule has 0 radical (unpaired) electrons. The van der Waals surface area contributed by atoms with Crippen molar-refractivity contribution in [3.05, 3.63) is 30.9 Å². The fourth-order valence-electron chi connectivity index (χ4n) is 1.91. The molecule has 0 aromatic carbocycles. The monoisotopic (exact) mass is 263 g/mol. The van der Waals surface area contributed by atoms with Crippen LogP contribution in [0, 0.1) is 0 Å². The van der Waals surface area contributed by atoms with Crippen LogP contribution in [-0.2, 0) is 17.8 Å². The van der Waals surface area contributed by atoms with Crippen molar-refractivity contribution in [3.63, 3.8) is 0 Å². The summed E-state index contributed by atoms with van der Waals surface area (Å²) in [6, 6.07) is 1.94. The second-order valence-electron chi connectivity index (χ2n) is 4.34. The summed E-state index contributed by atoms with van der Waals surface area (Å²) >= 11 is 0. The van der Waals surface area contributed by atoms with Crippen molar-refractivity contribution in [2.75, 3.05) is 25.6 Å². The van der Waals surface area contributed by atoms with Crippen molar-refractivity contribution in [2.24, 2.45) is 0 Å². The molecule has 19 heavy (non-hydrogen) atoms. The van der Waals surface area contributed by atoms with E-state index in [4.69, 9.17) is 4.74 Å². The number of ether oxygens (including phenoxy) is 1. The maximum atomic E-state index is 5.02. The van der Waals surface area contributed by atoms with E-state index in [0.29, 0.717) is 0 Å². The maximum absolute atomic E-state index is 5.02. The smallest absolute Gasteiger partial charge is 0.202 e. The van der Waals surface area contributed by atoms with Gasteiger partial charge in [-0.15, -0.1) is 0 Å². The van der Waals surface area contributed by atoms with Crippen molar-refractivity contribution in [1.82, 2.24) is 19.3 Å². The van der Waals surface area contributed by atoms with Crippen molar-refractivity contribution in [3.8, 4) is 0 Å². The van der Waals surface area contributed by atoms with Crippen LogP contribution >= 0.6 is 0 Å². The molecule has 0 atom stereocenters. The third-order valence-corrected chi connectivity index (χ3v) is 2.87. The van der Waals surface area contributed by atoms with Gasteiger partial charge in [-0.25, -0.2) is 4.98 Å². The van der Waals surface area contributed by atoms with Crippen LogP contribution in [0.15, 0.2) is 30.9 Å². The zero-order chi connectivity index (χ0) is 13.3. The zero-order valence-electron chi connectivity index (χ0n) is 11.3. The number of rotatable bonds is 9. The van der Waals surface area contributed by atoms with Gasteiger partial charge in [-0.1, -0.05) is 0 Å². The minimum atomic E-state index is 0.771. The quantitative estimate of drug-likeness (QED) is 0.698. The number of imidazole rings is 1. The Bertz CT molecular complexity index is 451. The van der Waals surface area contributed by atoms with Crippen molar-refractivity contribution in [2.45, 2.75) is 25.9 Å². The van der Waals surface area contributed by atoms with Gasteiger partial charge in [-0.05, 0) is 18.9 Å². The molecule has 0 bridgehead atoms. The molecule has 104 valence electrons. The molecule has 1 N–H and O–H groups in total. The average molecular weight is 263 g/mol. The van der Waals surface area contributed by atoms with E-state index < -0.39 is 0 Å². The Balaban J connectivity index is 1.72. The summed E-state index contributed by atoms with van der Waals surface area (Å²) in [5.41, 5.74) is 0. The van der Waals surface area contributed by atoms with Crippen molar-refractivity contribution < 1.29 is 4.74 Å². The van der Waals surface area contributed by atoms with Gasteiger partial charge >= 0.3 is 0 Å². The molecule has 0 aliphatic carbocycles. The lowest BCUT2D eigenvalue weighted by molar-refractivity contribution is 0.197. The van der Waals surface area contributed by atoms with Crippen LogP contribution in [0.3, 0.4) is 0 Å². The Hall–Kier alpha value is -1.82. The van der Waals surface area contributed by atoms with Crippen LogP contribution in [0.25, 0.3) is 0 Å². The normalized spacial score (nSPS) is 10.8. The highest BCUT2D eigenvalue weighted by atomic mass is 16.5. The second-order valence-corrected chi connectivity index (χ2v) is 4.34. The highest BCUT2D eigenvalue weighted by molar-refractivity contribution is 5.25. The first kappa shape index (κ1) is 13.6. The van der Waals surface area contributed by atoms with E-state index in [0.717, 1.165) is 45.0 Å². The summed E-state index contributed by atoms with van der Waals surface area (Å²) in [6.07, 6.45) is 9.63. The van der Waals surface area contributed by atoms with Crippen molar-refractivity contribution in [1.29, 1.82) is 0 Å². The van der Waals surface area contributed by atoms with Gasteiger partial charge in [0.1, 0.15) is 0 Å². The molecule has 0 saturated carbocycles. The van der Waals surface area contributed by atoms with Gasteiger partial charge in [0, 0.05) is 58.1 Å². The first-order chi connectivity index (χ1) is 9.40. The van der Waals surface area contributed by atoms with Crippen LogP contribution < -0.4 is 5.32 Å². The van der Waals surface area contributed by atoms with Crippen LogP contribution in [0.1, 0.15) is 12.8 Å². The topological polar surface area (TPSA) is 56.9 Å². The Labute approximate surface area is 113 Å². The summed E-state index contributed by atoms with van der Waals surface area (Å²) in [6.45, 7) is 3.51. The predicted molar refractivity (Wildman–Crippen MR) is 74.1 cm³/mol. The van der Waals surface area contributed by atoms with E-state index >= 15 is 0 Å². The number of methoxy groups -OCH3 is 1.